The van der Waals surface area contributed by atoms with E-state index in [4.69, 9.17) is 0 Å². The zero-order valence-corrected chi connectivity index (χ0v) is 11.4. The lowest BCUT2D eigenvalue weighted by atomic mass is 10.2. The molecule has 0 aromatic heterocycles. The Morgan fingerprint density at radius 2 is 1.78 bits per heavy atom. The lowest BCUT2D eigenvalue weighted by Crippen LogP contribution is -2.46. The van der Waals surface area contributed by atoms with Crippen molar-refractivity contribution >= 4 is 11.6 Å². The van der Waals surface area contributed by atoms with Crippen molar-refractivity contribution in [2.45, 2.75) is 51.7 Å². The third-order valence-corrected chi connectivity index (χ3v) is 3.89. The van der Waals surface area contributed by atoms with Gasteiger partial charge in [0.15, 0.2) is 0 Å². The summed E-state index contributed by atoms with van der Waals surface area (Å²) in [5, 5.41) is 2.98. The molecule has 18 heavy (non-hydrogen) atoms. The smallest absolute Gasteiger partial charge is 0.241 e. The number of nitrogens with zero attached hydrogens (tertiary/aromatic N) is 1. The molecule has 1 aromatic carbocycles. The van der Waals surface area contributed by atoms with Crippen molar-refractivity contribution < 1.29 is 4.79 Å². The molecule has 1 aliphatic rings. The SMILES string of the molecule is CC1CCC(C)N1C(C)C(=O)Nc1ccccc1. The Labute approximate surface area is 109 Å². The van der Waals surface area contributed by atoms with Crippen LogP contribution in [0.5, 0.6) is 0 Å². The number of likely N-dealkylation sites (tertiary alicyclic amines) is 1. The highest BCUT2D eigenvalue weighted by atomic mass is 16.2. The Kier molecular flexibility index (Phi) is 4.02. The van der Waals surface area contributed by atoms with Crippen molar-refractivity contribution in [2.24, 2.45) is 0 Å². The van der Waals surface area contributed by atoms with Crippen molar-refractivity contribution in [1.29, 1.82) is 0 Å². The minimum Gasteiger partial charge on any atom is -0.325 e. The molecular formula is C15H22N2O. The maximum atomic E-state index is 12.2. The lowest BCUT2D eigenvalue weighted by molar-refractivity contribution is -0.121. The van der Waals surface area contributed by atoms with Gasteiger partial charge >= 0.3 is 0 Å². The summed E-state index contributed by atoms with van der Waals surface area (Å²) in [5.41, 5.74) is 0.869. The van der Waals surface area contributed by atoms with E-state index in [0.29, 0.717) is 12.1 Å². The van der Waals surface area contributed by atoms with Gasteiger partial charge in [0.05, 0.1) is 6.04 Å². The highest BCUT2D eigenvalue weighted by Crippen LogP contribution is 2.26. The van der Waals surface area contributed by atoms with Crippen LogP contribution in [0, 0.1) is 0 Å². The summed E-state index contributed by atoms with van der Waals surface area (Å²) in [6.45, 7) is 6.40. The molecule has 1 aliphatic heterocycles. The molecule has 1 N–H and O–H groups in total. The predicted octanol–water partition coefficient (Wildman–Crippen LogP) is 2.89. The maximum absolute atomic E-state index is 12.2. The second-order valence-corrected chi connectivity index (χ2v) is 5.25. The van der Waals surface area contributed by atoms with Crippen LogP contribution in [0.3, 0.4) is 0 Å². The van der Waals surface area contributed by atoms with Crippen molar-refractivity contribution in [2.75, 3.05) is 5.32 Å². The van der Waals surface area contributed by atoms with Gasteiger partial charge in [-0.2, -0.15) is 0 Å². The van der Waals surface area contributed by atoms with Crippen LogP contribution < -0.4 is 5.32 Å². The molecular weight excluding hydrogens is 224 g/mol. The van der Waals surface area contributed by atoms with Crippen molar-refractivity contribution in [1.82, 2.24) is 4.90 Å². The number of para-hydroxylation sites is 1. The first kappa shape index (κ1) is 13.1. The van der Waals surface area contributed by atoms with Gasteiger partial charge in [-0.1, -0.05) is 18.2 Å². The summed E-state index contributed by atoms with van der Waals surface area (Å²) in [4.78, 5) is 14.6. The highest BCUT2D eigenvalue weighted by Gasteiger charge is 2.34. The number of anilines is 1. The summed E-state index contributed by atoms with van der Waals surface area (Å²) in [6.07, 6.45) is 2.37. The van der Waals surface area contributed by atoms with Gasteiger partial charge in [0.25, 0.3) is 0 Å². The lowest BCUT2D eigenvalue weighted by Gasteiger charge is -2.31. The Bertz CT molecular complexity index is 394. The van der Waals surface area contributed by atoms with Crippen LogP contribution in [0.25, 0.3) is 0 Å². The van der Waals surface area contributed by atoms with Gasteiger partial charge in [-0.15, -0.1) is 0 Å². The monoisotopic (exact) mass is 246 g/mol. The number of carbonyl (C=O) groups excluding carboxylic acids is 1. The zero-order chi connectivity index (χ0) is 13.1. The summed E-state index contributed by atoms with van der Waals surface area (Å²) < 4.78 is 0. The molecule has 3 unspecified atom stereocenters. The average molecular weight is 246 g/mol. The first-order chi connectivity index (χ1) is 8.59. The van der Waals surface area contributed by atoms with Crippen LogP contribution in [0.2, 0.25) is 0 Å². The minimum atomic E-state index is -0.0716. The fourth-order valence-corrected chi connectivity index (χ4v) is 2.88. The minimum absolute atomic E-state index is 0.0716. The van der Waals surface area contributed by atoms with Crippen molar-refractivity contribution in [3.05, 3.63) is 30.3 Å². The fraction of sp³-hybridized carbons (Fsp3) is 0.533. The second-order valence-electron chi connectivity index (χ2n) is 5.25. The molecule has 0 radical (unpaired) electrons. The van der Waals surface area contributed by atoms with Crippen LogP contribution in [-0.4, -0.2) is 28.9 Å². The Morgan fingerprint density at radius 3 is 2.33 bits per heavy atom. The van der Waals surface area contributed by atoms with Crippen LogP contribution in [0.4, 0.5) is 5.69 Å². The highest BCUT2D eigenvalue weighted by molar-refractivity contribution is 5.94. The first-order valence-corrected chi connectivity index (χ1v) is 6.73. The fourth-order valence-electron chi connectivity index (χ4n) is 2.88. The van der Waals surface area contributed by atoms with Crippen LogP contribution in [0.1, 0.15) is 33.6 Å². The number of amides is 1. The quantitative estimate of drug-likeness (QED) is 0.889. The van der Waals surface area contributed by atoms with E-state index >= 15 is 0 Å². The molecule has 1 saturated heterocycles. The number of hydrogen-bond acceptors (Lipinski definition) is 2. The predicted molar refractivity (Wildman–Crippen MR) is 74.5 cm³/mol. The van der Waals surface area contributed by atoms with E-state index < -0.39 is 0 Å². The molecule has 3 atom stereocenters. The molecule has 2 rings (SSSR count). The van der Waals surface area contributed by atoms with E-state index in [1.54, 1.807) is 0 Å². The van der Waals surface area contributed by atoms with E-state index in [1.165, 1.54) is 12.8 Å². The summed E-state index contributed by atoms with van der Waals surface area (Å²) in [6, 6.07) is 10.6. The van der Waals surface area contributed by atoms with Gasteiger partial charge in [0.2, 0.25) is 5.91 Å². The third kappa shape index (κ3) is 2.72. The molecule has 3 nitrogen and oxygen atoms in total. The topological polar surface area (TPSA) is 32.3 Å². The summed E-state index contributed by atoms with van der Waals surface area (Å²) in [7, 11) is 0. The molecule has 1 amide bonds. The second kappa shape index (κ2) is 5.53. The number of hydrogen-bond donors (Lipinski definition) is 1. The van der Waals surface area contributed by atoms with E-state index in [9.17, 15) is 4.79 Å². The molecule has 98 valence electrons. The molecule has 1 fully saturated rings. The van der Waals surface area contributed by atoms with E-state index in [0.717, 1.165) is 5.69 Å². The molecule has 0 bridgehead atoms. The van der Waals surface area contributed by atoms with Crippen LogP contribution in [0.15, 0.2) is 30.3 Å². The van der Waals surface area contributed by atoms with E-state index in [2.05, 4.69) is 24.1 Å². The van der Waals surface area contributed by atoms with Gasteiger partial charge < -0.3 is 5.32 Å². The number of rotatable bonds is 3. The first-order valence-electron chi connectivity index (χ1n) is 6.73. The van der Waals surface area contributed by atoms with Crippen molar-refractivity contribution in [3.8, 4) is 0 Å². The van der Waals surface area contributed by atoms with Gasteiger partial charge in [-0.3, -0.25) is 9.69 Å². The zero-order valence-electron chi connectivity index (χ0n) is 11.4. The number of benzene rings is 1. The van der Waals surface area contributed by atoms with E-state index in [1.807, 2.05) is 37.3 Å². The molecule has 0 saturated carbocycles. The number of carbonyl (C=O) groups is 1. The number of nitrogens with one attached hydrogen (secondary N) is 1. The molecule has 1 heterocycles. The van der Waals surface area contributed by atoms with Crippen LogP contribution in [-0.2, 0) is 4.79 Å². The Morgan fingerprint density at radius 1 is 1.22 bits per heavy atom. The Hall–Kier alpha value is -1.35. The summed E-state index contributed by atoms with van der Waals surface area (Å²) in [5.74, 6) is 0.0850. The average Bonchev–Trinajstić information content (AvgIpc) is 2.69. The Balaban J connectivity index is 2.01. The van der Waals surface area contributed by atoms with Gasteiger partial charge in [-0.05, 0) is 45.7 Å². The molecule has 0 aliphatic carbocycles. The van der Waals surface area contributed by atoms with Crippen LogP contribution >= 0.6 is 0 Å². The van der Waals surface area contributed by atoms with Gasteiger partial charge in [0.1, 0.15) is 0 Å². The normalized spacial score (nSPS) is 25.9. The summed E-state index contributed by atoms with van der Waals surface area (Å²) >= 11 is 0. The van der Waals surface area contributed by atoms with E-state index in [-0.39, 0.29) is 11.9 Å². The molecule has 3 heteroatoms. The van der Waals surface area contributed by atoms with Gasteiger partial charge in [0, 0.05) is 17.8 Å². The van der Waals surface area contributed by atoms with Gasteiger partial charge in [-0.25, -0.2) is 0 Å². The maximum Gasteiger partial charge on any atom is 0.241 e. The standard InChI is InChI=1S/C15H22N2O/c1-11-9-10-12(2)17(11)13(3)15(18)16-14-7-5-4-6-8-14/h4-8,11-13H,9-10H2,1-3H3,(H,16,18). The van der Waals surface area contributed by atoms with Crippen molar-refractivity contribution in [3.63, 3.8) is 0 Å². The third-order valence-electron chi connectivity index (χ3n) is 3.89. The largest absolute Gasteiger partial charge is 0.325 e. The molecule has 0 spiro atoms. The molecule has 1 aromatic rings.